The summed E-state index contributed by atoms with van der Waals surface area (Å²) in [6.07, 6.45) is 2.02. The Balaban J connectivity index is 2.17. The topological polar surface area (TPSA) is 24.5 Å². The average molecular weight is 298 g/mol. The molecule has 0 saturated carbocycles. The summed E-state index contributed by atoms with van der Waals surface area (Å²) in [5.41, 5.74) is 0. The van der Waals surface area contributed by atoms with E-state index in [1.165, 1.54) is 13.0 Å². The largest absolute Gasteiger partial charge is 0.373 e. The van der Waals surface area contributed by atoms with Crippen LogP contribution in [0.25, 0.3) is 0 Å². The first-order valence-corrected chi connectivity index (χ1v) is 6.01. The van der Waals surface area contributed by atoms with Gasteiger partial charge in [-0.15, -0.1) is 0 Å². The summed E-state index contributed by atoms with van der Waals surface area (Å²) in [6, 6.07) is 0. The first kappa shape index (κ1) is 11.7. The molecule has 0 amide bonds. The summed E-state index contributed by atoms with van der Waals surface area (Å²) < 4.78 is 8.81. The van der Waals surface area contributed by atoms with Gasteiger partial charge in [0, 0.05) is 42.5 Å². The van der Waals surface area contributed by atoms with Crippen LogP contribution in [0.3, 0.4) is 0 Å². The molecule has 1 aliphatic rings. The van der Waals surface area contributed by atoms with Crippen LogP contribution < -0.4 is 3.53 Å². The number of morpholine rings is 1. The summed E-state index contributed by atoms with van der Waals surface area (Å²) in [5.74, 6) is 0. The molecule has 0 spiro atoms. The van der Waals surface area contributed by atoms with E-state index in [4.69, 9.17) is 4.74 Å². The van der Waals surface area contributed by atoms with Gasteiger partial charge < -0.3 is 4.74 Å². The van der Waals surface area contributed by atoms with Crippen molar-refractivity contribution in [2.45, 2.75) is 32.5 Å². The van der Waals surface area contributed by atoms with Crippen LogP contribution in [0.1, 0.15) is 20.3 Å². The predicted molar refractivity (Wildman–Crippen MR) is 63.1 cm³/mol. The SMILES string of the molecule is C[C@@H]1CN(CCCNI)C[C@H](C)O1. The molecule has 1 N–H and O–H groups in total. The van der Waals surface area contributed by atoms with Gasteiger partial charge in [-0.1, -0.05) is 0 Å². The Labute approximate surface area is 94.7 Å². The van der Waals surface area contributed by atoms with Crippen molar-refractivity contribution in [1.82, 2.24) is 8.43 Å². The lowest BCUT2D eigenvalue weighted by molar-refractivity contribution is -0.0679. The smallest absolute Gasteiger partial charge is 0.0678 e. The Morgan fingerprint density at radius 3 is 2.54 bits per heavy atom. The molecular formula is C9H19IN2O. The first-order valence-electron chi connectivity index (χ1n) is 4.93. The van der Waals surface area contributed by atoms with Crippen molar-refractivity contribution in [3.05, 3.63) is 0 Å². The van der Waals surface area contributed by atoms with Crippen molar-refractivity contribution in [2.24, 2.45) is 0 Å². The molecular weight excluding hydrogens is 279 g/mol. The molecule has 0 aromatic carbocycles. The molecule has 0 radical (unpaired) electrons. The molecule has 0 aromatic rings. The Morgan fingerprint density at radius 2 is 2.00 bits per heavy atom. The second-order valence-corrected chi connectivity index (χ2v) is 4.52. The van der Waals surface area contributed by atoms with E-state index in [1.807, 2.05) is 0 Å². The lowest BCUT2D eigenvalue weighted by Gasteiger charge is -2.35. The molecule has 1 fully saturated rings. The third-order valence-electron chi connectivity index (χ3n) is 2.24. The molecule has 2 atom stereocenters. The molecule has 1 rings (SSSR count). The molecule has 1 aliphatic heterocycles. The van der Waals surface area contributed by atoms with Gasteiger partial charge in [-0.2, -0.15) is 0 Å². The summed E-state index contributed by atoms with van der Waals surface area (Å²) >= 11 is 2.20. The quantitative estimate of drug-likeness (QED) is 0.483. The van der Waals surface area contributed by atoms with Crippen LogP contribution in [0.15, 0.2) is 0 Å². The highest BCUT2D eigenvalue weighted by atomic mass is 127. The predicted octanol–water partition coefficient (Wildman–Crippen LogP) is 1.43. The van der Waals surface area contributed by atoms with Gasteiger partial charge >= 0.3 is 0 Å². The first-order chi connectivity index (χ1) is 6.22. The number of hydrogen-bond donors (Lipinski definition) is 1. The zero-order chi connectivity index (χ0) is 9.68. The van der Waals surface area contributed by atoms with Crippen LogP contribution in [0.2, 0.25) is 0 Å². The minimum atomic E-state index is 0.399. The van der Waals surface area contributed by atoms with E-state index in [2.05, 4.69) is 45.1 Å². The fraction of sp³-hybridized carbons (Fsp3) is 1.00. The van der Waals surface area contributed by atoms with Crippen molar-refractivity contribution in [1.29, 1.82) is 0 Å². The number of rotatable bonds is 4. The van der Waals surface area contributed by atoms with Gasteiger partial charge in [0.15, 0.2) is 0 Å². The fourth-order valence-corrected chi connectivity index (χ4v) is 2.22. The van der Waals surface area contributed by atoms with E-state index < -0.39 is 0 Å². The second kappa shape index (κ2) is 6.16. The minimum Gasteiger partial charge on any atom is -0.373 e. The highest BCUT2D eigenvalue weighted by molar-refractivity contribution is 14.1. The summed E-state index contributed by atoms with van der Waals surface area (Å²) in [4.78, 5) is 2.49. The molecule has 0 aliphatic carbocycles. The Hall–Kier alpha value is 0.610. The summed E-state index contributed by atoms with van der Waals surface area (Å²) in [7, 11) is 0. The summed E-state index contributed by atoms with van der Waals surface area (Å²) in [5, 5.41) is 0. The molecule has 0 bridgehead atoms. The van der Waals surface area contributed by atoms with E-state index in [-0.39, 0.29) is 0 Å². The molecule has 1 saturated heterocycles. The average Bonchev–Trinajstić information content (AvgIpc) is 2.03. The standard InChI is InChI=1S/C9H19IN2O/c1-8-6-12(5-3-4-11-10)7-9(2)13-8/h8-9,11H,3-7H2,1-2H3/t8-,9+. The fourth-order valence-electron chi connectivity index (χ4n) is 1.84. The van der Waals surface area contributed by atoms with E-state index in [0.717, 1.165) is 19.6 Å². The van der Waals surface area contributed by atoms with Crippen LogP contribution in [0.4, 0.5) is 0 Å². The Bertz CT molecular complexity index is 136. The lowest BCUT2D eigenvalue weighted by Crippen LogP contribution is -2.45. The van der Waals surface area contributed by atoms with Crippen molar-refractivity contribution in [2.75, 3.05) is 26.2 Å². The van der Waals surface area contributed by atoms with E-state index in [9.17, 15) is 0 Å². The van der Waals surface area contributed by atoms with Gasteiger partial charge in [0.05, 0.1) is 12.2 Å². The van der Waals surface area contributed by atoms with Gasteiger partial charge in [-0.05, 0) is 26.8 Å². The molecule has 3 nitrogen and oxygen atoms in total. The molecule has 78 valence electrons. The second-order valence-electron chi connectivity index (χ2n) is 3.75. The maximum atomic E-state index is 5.66. The zero-order valence-electron chi connectivity index (χ0n) is 8.42. The van der Waals surface area contributed by atoms with Crippen LogP contribution >= 0.6 is 22.9 Å². The van der Waals surface area contributed by atoms with E-state index in [1.54, 1.807) is 0 Å². The zero-order valence-corrected chi connectivity index (χ0v) is 10.6. The van der Waals surface area contributed by atoms with Gasteiger partial charge in [-0.3, -0.25) is 8.43 Å². The number of ether oxygens (including phenoxy) is 1. The monoisotopic (exact) mass is 298 g/mol. The van der Waals surface area contributed by atoms with Gasteiger partial charge in [0.2, 0.25) is 0 Å². The van der Waals surface area contributed by atoms with Crippen molar-refractivity contribution in [3.63, 3.8) is 0 Å². The number of hydrogen-bond acceptors (Lipinski definition) is 3. The van der Waals surface area contributed by atoms with Crippen molar-refractivity contribution in [3.8, 4) is 0 Å². The number of nitrogens with one attached hydrogen (secondary N) is 1. The molecule has 1 heterocycles. The number of halogens is 1. The van der Waals surface area contributed by atoms with Gasteiger partial charge in [0.1, 0.15) is 0 Å². The highest BCUT2D eigenvalue weighted by Crippen LogP contribution is 2.10. The molecule has 0 aromatic heterocycles. The third-order valence-corrected chi connectivity index (χ3v) is 2.78. The van der Waals surface area contributed by atoms with E-state index >= 15 is 0 Å². The van der Waals surface area contributed by atoms with Gasteiger partial charge in [0.25, 0.3) is 0 Å². The van der Waals surface area contributed by atoms with Crippen LogP contribution in [-0.4, -0.2) is 43.3 Å². The third kappa shape index (κ3) is 4.58. The normalized spacial score (nSPS) is 30.7. The summed E-state index contributed by atoms with van der Waals surface area (Å²) in [6.45, 7) is 8.77. The van der Waals surface area contributed by atoms with Gasteiger partial charge in [-0.25, -0.2) is 0 Å². The van der Waals surface area contributed by atoms with E-state index in [0.29, 0.717) is 12.2 Å². The van der Waals surface area contributed by atoms with Crippen LogP contribution in [-0.2, 0) is 4.74 Å². The maximum Gasteiger partial charge on any atom is 0.0678 e. The van der Waals surface area contributed by atoms with Crippen molar-refractivity contribution >= 4 is 22.9 Å². The number of nitrogens with zero attached hydrogens (tertiary/aromatic N) is 1. The highest BCUT2D eigenvalue weighted by Gasteiger charge is 2.21. The molecule has 13 heavy (non-hydrogen) atoms. The Kier molecular flexibility index (Phi) is 5.54. The maximum absolute atomic E-state index is 5.66. The Morgan fingerprint density at radius 1 is 1.38 bits per heavy atom. The van der Waals surface area contributed by atoms with Crippen molar-refractivity contribution < 1.29 is 4.74 Å². The van der Waals surface area contributed by atoms with Crippen LogP contribution in [0, 0.1) is 0 Å². The minimum absolute atomic E-state index is 0.399. The molecule has 0 unspecified atom stereocenters. The molecule has 4 heteroatoms. The van der Waals surface area contributed by atoms with Crippen LogP contribution in [0.5, 0.6) is 0 Å². The lowest BCUT2D eigenvalue weighted by atomic mass is 10.2.